The molecule has 14 heteroatoms. The molecule has 264 valence electrons. The van der Waals surface area contributed by atoms with Crippen LogP contribution in [0.3, 0.4) is 0 Å². The SMILES string of the molecule is COc1ccc(Cl)cc1N(CC(=O)N(Cc1ccc(F)cc1)[C@H](Cc1ccccc1)C(=O)NC(C)(C)C)S(=O)(=O)c1ccc(C)c([N+](=O)[O-])c1. The number of nitro groups is 1. The molecule has 0 aliphatic rings. The molecule has 4 aromatic rings. The predicted molar refractivity (Wildman–Crippen MR) is 189 cm³/mol. The van der Waals surface area contributed by atoms with Gasteiger partial charge in [-0.3, -0.25) is 24.0 Å². The van der Waals surface area contributed by atoms with Gasteiger partial charge in [0.1, 0.15) is 24.2 Å². The van der Waals surface area contributed by atoms with Crippen LogP contribution in [0.2, 0.25) is 5.02 Å². The zero-order valence-corrected chi connectivity index (χ0v) is 29.8. The molecule has 11 nitrogen and oxygen atoms in total. The maximum Gasteiger partial charge on any atom is 0.273 e. The Bertz CT molecular complexity index is 1970. The van der Waals surface area contributed by atoms with Gasteiger partial charge in [-0.1, -0.05) is 60.1 Å². The number of nitrogens with one attached hydrogen (secondary N) is 1. The van der Waals surface area contributed by atoms with Crippen molar-refractivity contribution in [1.29, 1.82) is 0 Å². The second-order valence-corrected chi connectivity index (χ2v) is 14.9. The number of halogens is 2. The van der Waals surface area contributed by atoms with Crippen molar-refractivity contribution in [2.45, 2.75) is 57.1 Å². The van der Waals surface area contributed by atoms with Gasteiger partial charge < -0.3 is 15.0 Å². The Kier molecular flexibility index (Phi) is 11.9. The maximum absolute atomic E-state index is 14.7. The number of aryl methyl sites for hydroxylation is 1. The Balaban J connectivity index is 1.90. The van der Waals surface area contributed by atoms with E-state index in [0.717, 1.165) is 15.9 Å². The topological polar surface area (TPSA) is 139 Å². The van der Waals surface area contributed by atoms with Crippen LogP contribution in [0.1, 0.15) is 37.5 Å². The molecule has 4 rings (SSSR count). The number of hydrogen-bond donors (Lipinski definition) is 1. The van der Waals surface area contributed by atoms with E-state index in [2.05, 4.69) is 5.32 Å². The summed E-state index contributed by atoms with van der Waals surface area (Å²) >= 11 is 6.32. The number of amides is 2. The van der Waals surface area contributed by atoms with Crippen LogP contribution in [0, 0.1) is 22.9 Å². The Hall–Kier alpha value is -5.01. The minimum Gasteiger partial charge on any atom is -0.495 e. The summed E-state index contributed by atoms with van der Waals surface area (Å²) in [6.45, 7) is 5.78. The van der Waals surface area contributed by atoms with Gasteiger partial charge in [0.25, 0.3) is 15.7 Å². The van der Waals surface area contributed by atoms with E-state index in [9.17, 15) is 32.5 Å². The van der Waals surface area contributed by atoms with Crippen LogP contribution in [-0.4, -0.2) is 55.3 Å². The molecular formula is C36H38ClFN4O7S. The minimum absolute atomic E-state index is 0.0452. The lowest BCUT2D eigenvalue weighted by Crippen LogP contribution is -2.56. The van der Waals surface area contributed by atoms with Crippen molar-refractivity contribution < 1.29 is 32.1 Å². The maximum atomic E-state index is 14.7. The van der Waals surface area contributed by atoms with E-state index in [1.807, 2.05) is 6.07 Å². The van der Waals surface area contributed by atoms with Crippen LogP contribution in [0.4, 0.5) is 15.8 Å². The van der Waals surface area contributed by atoms with Crippen molar-refractivity contribution in [1.82, 2.24) is 10.2 Å². The highest BCUT2D eigenvalue weighted by atomic mass is 35.5. The van der Waals surface area contributed by atoms with E-state index in [1.54, 1.807) is 45.0 Å². The summed E-state index contributed by atoms with van der Waals surface area (Å²) in [5.74, 6) is -1.76. The largest absolute Gasteiger partial charge is 0.495 e. The van der Waals surface area contributed by atoms with Crippen LogP contribution in [0.5, 0.6) is 5.75 Å². The quantitative estimate of drug-likeness (QED) is 0.123. The number of benzene rings is 4. The van der Waals surface area contributed by atoms with Gasteiger partial charge in [-0.2, -0.15) is 0 Å². The summed E-state index contributed by atoms with van der Waals surface area (Å²) in [5, 5.41) is 14.8. The zero-order chi connectivity index (χ0) is 36.8. The van der Waals surface area contributed by atoms with Crippen LogP contribution in [0.25, 0.3) is 0 Å². The summed E-state index contributed by atoms with van der Waals surface area (Å²) in [5.41, 5.74) is 0.195. The molecule has 1 atom stereocenters. The lowest BCUT2D eigenvalue weighted by atomic mass is 10.0. The van der Waals surface area contributed by atoms with Gasteiger partial charge in [-0.15, -0.1) is 0 Å². The van der Waals surface area contributed by atoms with E-state index < -0.39 is 61.3 Å². The van der Waals surface area contributed by atoms with Gasteiger partial charge in [0.15, 0.2) is 0 Å². The zero-order valence-electron chi connectivity index (χ0n) is 28.2. The number of nitrogens with zero attached hydrogens (tertiary/aromatic N) is 3. The molecule has 0 radical (unpaired) electrons. The molecule has 0 saturated carbocycles. The first-order chi connectivity index (χ1) is 23.5. The number of methoxy groups -OCH3 is 1. The van der Waals surface area contributed by atoms with E-state index in [1.165, 1.54) is 73.5 Å². The standard InChI is InChI=1S/C36H38ClFN4O7S/c1-24-11-17-29(21-30(24)42(45)46)50(47,48)41(31-20-27(37)14-18-33(31)49-5)23-34(43)40(22-26-12-15-28(38)16-13-26)32(35(44)39-36(2,3)4)19-25-9-7-6-8-10-25/h6-18,20-21,32H,19,22-23H2,1-5H3,(H,39,44)/t32-/m1/s1. The van der Waals surface area contributed by atoms with Gasteiger partial charge in [0.05, 0.1) is 22.6 Å². The second kappa shape index (κ2) is 15.7. The molecule has 0 saturated heterocycles. The van der Waals surface area contributed by atoms with Gasteiger partial charge in [-0.05, 0) is 75.2 Å². The normalized spacial score (nSPS) is 12.1. The Morgan fingerprint density at radius 1 is 0.980 bits per heavy atom. The molecule has 4 aromatic carbocycles. The van der Waals surface area contributed by atoms with Crippen molar-refractivity contribution in [3.05, 3.63) is 129 Å². The number of carbonyl (C=O) groups is 2. The third-order valence-corrected chi connectivity index (χ3v) is 9.68. The number of rotatable bonds is 13. The van der Waals surface area contributed by atoms with Crippen LogP contribution in [0.15, 0.2) is 95.9 Å². The van der Waals surface area contributed by atoms with Crippen LogP contribution < -0.4 is 14.4 Å². The molecule has 0 unspecified atom stereocenters. The minimum atomic E-state index is -4.72. The summed E-state index contributed by atoms with van der Waals surface area (Å²) in [4.78, 5) is 40.5. The lowest BCUT2D eigenvalue weighted by Gasteiger charge is -2.35. The first-order valence-electron chi connectivity index (χ1n) is 15.5. The van der Waals surface area contributed by atoms with Crippen molar-refractivity contribution in [2.75, 3.05) is 18.0 Å². The highest BCUT2D eigenvalue weighted by Gasteiger charge is 2.37. The highest BCUT2D eigenvalue weighted by Crippen LogP contribution is 2.36. The molecule has 0 aliphatic heterocycles. The van der Waals surface area contributed by atoms with Crippen LogP contribution in [-0.2, 0) is 32.6 Å². The van der Waals surface area contributed by atoms with Gasteiger partial charge >= 0.3 is 0 Å². The molecule has 2 amide bonds. The fraction of sp³-hybridized carbons (Fsp3) is 0.278. The van der Waals surface area contributed by atoms with E-state index >= 15 is 0 Å². The molecule has 1 N–H and O–H groups in total. The molecule has 0 bridgehead atoms. The van der Waals surface area contributed by atoms with E-state index in [0.29, 0.717) is 5.56 Å². The van der Waals surface area contributed by atoms with Gasteiger partial charge in [0.2, 0.25) is 11.8 Å². The number of nitro benzene ring substituents is 1. The fourth-order valence-electron chi connectivity index (χ4n) is 5.24. The van der Waals surface area contributed by atoms with Crippen LogP contribution >= 0.6 is 11.6 Å². The molecule has 50 heavy (non-hydrogen) atoms. The number of hydrogen-bond acceptors (Lipinski definition) is 7. The average molecular weight is 725 g/mol. The summed E-state index contributed by atoms with van der Waals surface area (Å²) in [7, 11) is -3.42. The third kappa shape index (κ3) is 9.36. The number of carbonyl (C=O) groups excluding carboxylic acids is 2. The predicted octanol–water partition coefficient (Wildman–Crippen LogP) is 6.45. The monoisotopic (exact) mass is 724 g/mol. The Labute approximate surface area is 295 Å². The van der Waals surface area contributed by atoms with E-state index in [-0.39, 0.29) is 35.0 Å². The number of anilines is 1. The number of sulfonamides is 1. The first-order valence-corrected chi connectivity index (χ1v) is 17.3. The molecule has 0 aromatic heterocycles. The van der Waals surface area contributed by atoms with Crippen molar-refractivity contribution in [3.8, 4) is 5.75 Å². The summed E-state index contributed by atoms with van der Waals surface area (Å²) in [6, 6.07) is 20.8. The lowest BCUT2D eigenvalue weighted by molar-refractivity contribution is -0.385. The van der Waals surface area contributed by atoms with Crippen molar-refractivity contribution in [3.63, 3.8) is 0 Å². The fourth-order valence-corrected chi connectivity index (χ4v) is 6.84. The third-order valence-electron chi connectivity index (χ3n) is 7.69. The van der Waals surface area contributed by atoms with Gasteiger partial charge in [0, 0.05) is 35.2 Å². The molecule has 0 aliphatic carbocycles. The van der Waals surface area contributed by atoms with Gasteiger partial charge in [-0.25, -0.2) is 12.8 Å². The highest BCUT2D eigenvalue weighted by molar-refractivity contribution is 7.92. The second-order valence-electron chi connectivity index (χ2n) is 12.6. The Morgan fingerprint density at radius 2 is 1.64 bits per heavy atom. The summed E-state index contributed by atoms with van der Waals surface area (Å²) in [6.07, 6.45) is 0.0626. The van der Waals surface area contributed by atoms with Crippen molar-refractivity contribution in [2.24, 2.45) is 0 Å². The Morgan fingerprint density at radius 3 is 2.24 bits per heavy atom. The first kappa shape index (κ1) is 37.8. The molecule has 0 heterocycles. The summed E-state index contributed by atoms with van der Waals surface area (Å²) < 4.78 is 49.0. The molecular weight excluding hydrogens is 687 g/mol. The molecule has 0 spiro atoms. The molecule has 0 fully saturated rings. The van der Waals surface area contributed by atoms with Crippen molar-refractivity contribution >= 4 is 44.8 Å². The number of ether oxygens (including phenoxy) is 1. The smallest absolute Gasteiger partial charge is 0.273 e. The average Bonchev–Trinajstić information content (AvgIpc) is 3.05. The van der Waals surface area contributed by atoms with E-state index in [4.69, 9.17) is 16.3 Å².